The van der Waals surface area contributed by atoms with Crippen LogP contribution in [0.2, 0.25) is 5.02 Å². The van der Waals surface area contributed by atoms with Crippen LogP contribution >= 0.6 is 35.6 Å². The van der Waals surface area contributed by atoms with Crippen LogP contribution in [0.15, 0.2) is 29.3 Å². The topological polar surface area (TPSA) is 45.6 Å². The molecule has 0 amide bonds. The Balaban J connectivity index is 0.00000264. The Morgan fingerprint density at radius 3 is 2.74 bits per heavy atom. The first-order valence-corrected chi connectivity index (χ1v) is 8.36. The first-order valence-electron chi connectivity index (χ1n) is 7.98. The zero-order valence-corrected chi connectivity index (χ0v) is 17.0. The SMILES string of the molecule is CCOCCCNC(=NC)NCC1(c2cccc(Cl)c2)CC1.I. The van der Waals surface area contributed by atoms with Crippen molar-refractivity contribution in [3.63, 3.8) is 0 Å². The minimum absolute atomic E-state index is 0. The van der Waals surface area contributed by atoms with Gasteiger partial charge in [-0.1, -0.05) is 23.7 Å². The standard InChI is InChI=1S/C17H26ClN3O.HI/c1-3-22-11-5-10-20-16(19-2)21-13-17(8-9-17)14-6-4-7-15(18)12-14;/h4,6-7,12H,3,5,8-11,13H2,1-2H3,(H2,19,20,21);1H. The normalized spacial score (nSPS) is 15.7. The Hall–Kier alpha value is -0.530. The molecule has 130 valence electrons. The highest BCUT2D eigenvalue weighted by Gasteiger charge is 2.44. The van der Waals surface area contributed by atoms with E-state index >= 15 is 0 Å². The Morgan fingerprint density at radius 1 is 1.35 bits per heavy atom. The quantitative estimate of drug-likeness (QED) is 0.275. The van der Waals surface area contributed by atoms with E-state index in [0.29, 0.717) is 0 Å². The van der Waals surface area contributed by atoms with Crippen LogP contribution < -0.4 is 10.6 Å². The van der Waals surface area contributed by atoms with Gasteiger partial charge in [0.2, 0.25) is 0 Å². The van der Waals surface area contributed by atoms with E-state index < -0.39 is 0 Å². The predicted molar refractivity (Wildman–Crippen MR) is 108 cm³/mol. The summed E-state index contributed by atoms with van der Waals surface area (Å²) in [5.74, 6) is 0.852. The number of ether oxygens (including phenoxy) is 1. The average molecular weight is 452 g/mol. The summed E-state index contributed by atoms with van der Waals surface area (Å²) in [6, 6.07) is 8.19. The molecule has 2 N–H and O–H groups in total. The van der Waals surface area contributed by atoms with Crippen LogP contribution in [0, 0.1) is 0 Å². The Labute approximate surface area is 161 Å². The van der Waals surface area contributed by atoms with Gasteiger partial charge in [-0.3, -0.25) is 4.99 Å². The van der Waals surface area contributed by atoms with E-state index in [9.17, 15) is 0 Å². The van der Waals surface area contributed by atoms with Crippen LogP contribution in [0.4, 0.5) is 0 Å². The maximum atomic E-state index is 6.11. The summed E-state index contributed by atoms with van der Waals surface area (Å²) in [6.45, 7) is 5.32. The van der Waals surface area contributed by atoms with E-state index in [4.69, 9.17) is 16.3 Å². The minimum Gasteiger partial charge on any atom is -0.382 e. The number of guanidine groups is 1. The van der Waals surface area contributed by atoms with Gasteiger partial charge in [0.15, 0.2) is 5.96 Å². The molecule has 2 rings (SSSR count). The molecule has 0 aromatic heterocycles. The maximum Gasteiger partial charge on any atom is 0.191 e. The lowest BCUT2D eigenvalue weighted by molar-refractivity contribution is 0.145. The fourth-order valence-corrected chi connectivity index (χ4v) is 2.73. The second kappa shape index (κ2) is 10.4. The lowest BCUT2D eigenvalue weighted by Gasteiger charge is -2.19. The number of halogens is 2. The summed E-state index contributed by atoms with van der Waals surface area (Å²) in [4.78, 5) is 4.28. The van der Waals surface area contributed by atoms with E-state index in [0.717, 1.165) is 43.7 Å². The summed E-state index contributed by atoms with van der Waals surface area (Å²) in [6.07, 6.45) is 3.37. The molecular formula is C17H27ClIN3O. The van der Waals surface area contributed by atoms with Crippen LogP contribution in [-0.4, -0.2) is 39.3 Å². The van der Waals surface area contributed by atoms with Crippen LogP contribution in [0.25, 0.3) is 0 Å². The molecule has 0 atom stereocenters. The molecule has 1 aromatic rings. The molecule has 1 saturated carbocycles. The molecule has 1 fully saturated rings. The van der Waals surface area contributed by atoms with Crippen molar-refractivity contribution in [1.82, 2.24) is 10.6 Å². The molecule has 1 aliphatic rings. The molecular weight excluding hydrogens is 425 g/mol. The zero-order valence-electron chi connectivity index (χ0n) is 13.9. The highest BCUT2D eigenvalue weighted by Crippen LogP contribution is 2.48. The molecule has 0 spiro atoms. The lowest BCUT2D eigenvalue weighted by atomic mass is 9.96. The number of rotatable bonds is 8. The highest BCUT2D eigenvalue weighted by molar-refractivity contribution is 14.0. The molecule has 0 aliphatic heterocycles. The minimum atomic E-state index is 0. The van der Waals surface area contributed by atoms with E-state index in [1.165, 1.54) is 18.4 Å². The van der Waals surface area contributed by atoms with E-state index in [1.807, 2.05) is 19.1 Å². The Bertz CT molecular complexity index is 506. The van der Waals surface area contributed by atoms with Crippen molar-refractivity contribution in [3.05, 3.63) is 34.9 Å². The molecule has 0 unspecified atom stereocenters. The van der Waals surface area contributed by atoms with E-state index in [-0.39, 0.29) is 29.4 Å². The van der Waals surface area contributed by atoms with Gasteiger partial charge in [-0.25, -0.2) is 0 Å². The number of benzene rings is 1. The van der Waals surface area contributed by atoms with Crippen LogP contribution in [-0.2, 0) is 10.2 Å². The predicted octanol–water partition coefficient (Wildman–Crippen LogP) is 3.58. The molecule has 0 radical (unpaired) electrons. The fraction of sp³-hybridized carbons (Fsp3) is 0.588. The summed E-state index contributed by atoms with van der Waals surface area (Å²) in [5.41, 5.74) is 1.53. The van der Waals surface area contributed by atoms with E-state index in [2.05, 4.69) is 27.8 Å². The lowest BCUT2D eigenvalue weighted by Crippen LogP contribution is -2.41. The third-order valence-electron chi connectivity index (χ3n) is 4.07. The Morgan fingerprint density at radius 2 is 2.13 bits per heavy atom. The maximum absolute atomic E-state index is 6.11. The molecule has 0 saturated heterocycles. The van der Waals surface area contributed by atoms with Crippen LogP contribution in [0.1, 0.15) is 31.7 Å². The third-order valence-corrected chi connectivity index (χ3v) is 4.31. The third kappa shape index (κ3) is 6.47. The average Bonchev–Trinajstić information content (AvgIpc) is 3.31. The molecule has 1 aromatic carbocycles. The van der Waals surface area contributed by atoms with Gasteiger partial charge in [0.25, 0.3) is 0 Å². The molecule has 23 heavy (non-hydrogen) atoms. The number of nitrogens with zero attached hydrogens (tertiary/aromatic N) is 1. The number of nitrogens with one attached hydrogen (secondary N) is 2. The number of aliphatic imine (C=N–C) groups is 1. The molecule has 4 nitrogen and oxygen atoms in total. The second-order valence-electron chi connectivity index (χ2n) is 5.69. The van der Waals surface area contributed by atoms with Crippen molar-refractivity contribution in [1.29, 1.82) is 0 Å². The molecule has 1 aliphatic carbocycles. The monoisotopic (exact) mass is 451 g/mol. The smallest absolute Gasteiger partial charge is 0.191 e. The van der Waals surface area contributed by atoms with Crippen molar-refractivity contribution >= 4 is 41.5 Å². The molecule has 0 bridgehead atoms. The Kier molecular flexibility index (Phi) is 9.24. The fourth-order valence-electron chi connectivity index (χ4n) is 2.54. The summed E-state index contributed by atoms with van der Waals surface area (Å²) in [5, 5.41) is 7.57. The van der Waals surface area contributed by atoms with Gasteiger partial charge in [0, 0.05) is 43.8 Å². The van der Waals surface area contributed by atoms with Gasteiger partial charge in [0.1, 0.15) is 0 Å². The summed E-state index contributed by atoms with van der Waals surface area (Å²) < 4.78 is 5.33. The second-order valence-corrected chi connectivity index (χ2v) is 6.13. The largest absolute Gasteiger partial charge is 0.382 e. The van der Waals surface area contributed by atoms with Gasteiger partial charge in [0.05, 0.1) is 0 Å². The van der Waals surface area contributed by atoms with Crippen LogP contribution in [0.3, 0.4) is 0 Å². The van der Waals surface area contributed by atoms with Gasteiger partial charge in [-0.05, 0) is 43.9 Å². The summed E-state index contributed by atoms with van der Waals surface area (Å²) in [7, 11) is 1.80. The van der Waals surface area contributed by atoms with E-state index in [1.54, 1.807) is 7.05 Å². The van der Waals surface area contributed by atoms with Crippen molar-refractivity contribution < 1.29 is 4.74 Å². The molecule has 6 heteroatoms. The number of hydrogen-bond donors (Lipinski definition) is 2. The van der Waals surface area contributed by atoms with Crippen molar-refractivity contribution in [2.45, 2.75) is 31.6 Å². The van der Waals surface area contributed by atoms with Gasteiger partial charge >= 0.3 is 0 Å². The molecule has 0 heterocycles. The zero-order chi connectivity index (χ0) is 15.8. The van der Waals surface area contributed by atoms with Gasteiger partial charge < -0.3 is 15.4 Å². The summed E-state index contributed by atoms with van der Waals surface area (Å²) >= 11 is 6.11. The highest BCUT2D eigenvalue weighted by atomic mass is 127. The van der Waals surface area contributed by atoms with Crippen molar-refractivity contribution in [3.8, 4) is 0 Å². The first kappa shape index (κ1) is 20.5. The number of hydrogen-bond acceptors (Lipinski definition) is 2. The van der Waals surface area contributed by atoms with Crippen molar-refractivity contribution in [2.24, 2.45) is 4.99 Å². The van der Waals surface area contributed by atoms with Gasteiger partial charge in [-0.2, -0.15) is 0 Å². The first-order chi connectivity index (χ1) is 10.7. The van der Waals surface area contributed by atoms with Crippen LogP contribution in [0.5, 0.6) is 0 Å². The van der Waals surface area contributed by atoms with Crippen molar-refractivity contribution in [2.75, 3.05) is 33.4 Å². The van der Waals surface area contributed by atoms with Gasteiger partial charge in [-0.15, -0.1) is 24.0 Å².